The summed E-state index contributed by atoms with van der Waals surface area (Å²) in [6.07, 6.45) is 0. The molecule has 4 unspecified atom stereocenters. The van der Waals surface area contributed by atoms with Crippen molar-refractivity contribution >= 4 is 5.71 Å². The second-order valence-corrected chi connectivity index (χ2v) is 5.50. The van der Waals surface area contributed by atoms with E-state index in [1.165, 1.54) is 0 Å². The molecular weight excluding hydrogens is 170 g/mol. The summed E-state index contributed by atoms with van der Waals surface area (Å²) in [4.78, 5) is 0. The first-order chi connectivity index (χ1) is 6.37. The molecule has 0 heterocycles. The molecule has 0 aromatic carbocycles. The third-order valence-electron chi connectivity index (χ3n) is 4.95. The van der Waals surface area contributed by atoms with Gasteiger partial charge in [0, 0.05) is 11.6 Å². The third kappa shape index (κ3) is 1.74. The molecule has 0 bridgehead atoms. The van der Waals surface area contributed by atoms with Crippen LogP contribution in [0.5, 0.6) is 0 Å². The molecule has 1 saturated carbocycles. The fraction of sp³-hybridized carbons (Fsp3) is 0.923. The first-order valence-electron chi connectivity index (χ1n) is 5.93. The predicted octanol–water partition coefficient (Wildman–Crippen LogP) is 3.84. The van der Waals surface area contributed by atoms with Gasteiger partial charge in [0.2, 0.25) is 0 Å². The maximum Gasteiger partial charge on any atom is 0.00946 e. The van der Waals surface area contributed by atoms with Gasteiger partial charge in [-0.1, -0.05) is 34.6 Å². The Labute approximate surface area is 88.8 Å². The zero-order chi connectivity index (χ0) is 11.0. The predicted molar refractivity (Wildman–Crippen MR) is 62.7 cm³/mol. The van der Waals surface area contributed by atoms with Crippen LogP contribution in [0.25, 0.3) is 0 Å². The van der Waals surface area contributed by atoms with Crippen LogP contribution in [0.2, 0.25) is 0 Å². The molecule has 1 rings (SSSR count). The van der Waals surface area contributed by atoms with Crippen LogP contribution in [-0.4, -0.2) is 5.71 Å². The normalized spacial score (nSPS) is 49.0. The number of rotatable bonds is 1. The zero-order valence-corrected chi connectivity index (χ0v) is 10.5. The second kappa shape index (κ2) is 4.04. The molecule has 1 aliphatic rings. The van der Waals surface area contributed by atoms with Gasteiger partial charge in [0.25, 0.3) is 0 Å². The average Bonchev–Trinajstić information content (AvgIpc) is 2.11. The highest BCUT2D eigenvalue weighted by atomic mass is 14.5. The second-order valence-electron chi connectivity index (χ2n) is 5.50. The first kappa shape index (κ1) is 11.7. The summed E-state index contributed by atoms with van der Waals surface area (Å²) in [7, 11) is 0. The van der Waals surface area contributed by atoms with Crippen LogP contribution < -0.4 is 0 Å². The lowest BCUT2D eigenvalue weighted by molar-refractivity contribution is 0.0530. The standard InChI is InChI=1S/C13H25N/c1-7-8(2)10(4)13(12(6)14)11(5)9(7)3/h7-11,13-14H,1-6H3. The van der Waals surface area contributed by atoms with Crippen molar-refractivity contribution < 1.29 is 0 Å². The van der Waals surface area contributed by atoms with E-state index in [2.05, 4.69) is 34.6 Å². The van der Waals surface area contributed by atoms with E-state index in [9.17, 15) is 0 Å². The van der Waals surface area contributed by atoms with Crippen LogP contribution in [-0.2, 0) is 0 Å². The van der Waals surface area contributed by atoms with Gasteiger partial charge in [-0.3, -0.25) is 0 Å². The molecule has 1 aliphatic carbocycles. The van der Waals surface area contributed by atoms with Gasteiger partial charge in [0.05, 0.1) is 0 Å². The van der Waals surface area contributed by atoms with Gasteiger partial charge in [-0.25, -0.2) is 0 Å². The van der Waals surface area contributed by atoms with Crippen LogP contribution in [0, 0.1) is 40.9 Å². The largest absolute Gasteiger partial charge is 0.310 e. The van der Waals surface area contributed by atoms with Crippen molar-refractivity contribution in [3.63, 3.8) is 0 Å². The summed E-state index contributed by atoms with van der Waals surface area (Å²) in [5, 5.41) is 7.90. The molecule has 0 aliphatic heterocycles. The molecule has 4 atom stereocenters. The van der Waals surface area contributed by atoms with Crippen LogP contribution in [0.1, 0.15) is 41.5 Å². The van der Waals surface area contributed by atoms with Gasteiger partial charge < -0.3 is 5.41 Å². The van der Waals surface area contributed by atoms with E-state index in [0.29, 0.717) is 17.8 Å². The molecule has 0 spiro atoms. The van der Waals surface area contributed by atoms with Crippen LogP contribution in [0.4, 0.5) is 0 Å². The zero-order valence-electron chi connectivity index (χ0n) is 10.5. The van der Waals surface area contributed by atoms with Crippen molar-refractivity contribution in [2.45, 2.75) is 41.5 Å². The van der Waals surface area contributed by atoms with Crippen LogP contribution >= 0.6 is 0 Å². The summed E-state index contributed by atoms with van der Waals surface area (Å²) < 4.78 is 0. The molecule has 14 heavy (non-hydrogen) atoms. The molecule has 1 nitrogen and oxygen atoms in total. The molecule has 0 saturated heterocycles. The summed E-state index contributed by atoms with van der Waals surface area (Å²) >= 11 is 0. The number of hydrogen-bond donors (Lipinski definition) is 1. The maximum absolute atomic E-state index is 7.90. The monoisotopic (exact) mass is 195 g/mol. The van der Waals surface area contributed by atoms with Gasteiger partial charge in [-0.15, -0.1) is 0 Å². The molecular formula is C13H25N. The Morgan fingerprint density at radius 1 is 0.714 bits per heavy atom. The molecule has 1 heteroatoms. The lowest BCUT2D eigenvalue weighted by Crippen LogP contribution is -2.43. The molecule has 1 N–H and O–H groups in total. The van der Waals surface area contributed by atoms with Crippen LogP contribution in [0.3, 0.4) is 0 Å². The minimum Gasteiger partial charge on any atom is -0.310 e. The maximum atomic E-state index is 7.90. The Kier molecular flexibility index (Phi) is 3.39. The Bertz CT molecular complexity index is 205. The fourth-order valence-corrected chi connectivity index (χ4v) is 3.36. The Hall–Kier alpha value is -0.330. The van der Waals surface area contributed by atoms with Gasteiger partial charge in [-0.2, -0.15) is 0 Å². The Morgan fingerprint density at radius 2 is 1.00 bits per heavy atom. The first-order valence-corrected chi connectivity index (χ1v) is 5.93. The van der Waals surface area contributed by atoms with E-state index in [0.717, 1.165) is 23.5 Å². The van der Waals surface area contributed by atoms with E-state index in [-0.39, 0.29) is 0 Å². The molecule has 0 amide bonds. The lowest BCUT2D eigenvalue weighted by Gasteiger charge is -2.47. The van der Waals surface area contributed by atoms with Crippen molar-refractivity contribution in [3.8, 4) is 0 Å². The average molecular weight is 195 g/mol. The van der Waals surface area contributed by atoms with Crippen LogP contribution in [0.15, 0.2) is 0 Å². The van der Waals surface area contributed by atoms with E-state index >= 15 is 0 Å². The Morgan fingerprint density at radius 3 is 1.29 bits per heavy atom. The minimum absolute atomic E-state index is 0.510. The summed E-state index contributed by atoms with van der Waals surface area (Å²) in [5.74, 6) is 4.17. The van der Waals surface area contributed by atoms with E-state index in [4.69, 9.17) is 5.41 Å². The highest BCUT2D eigenvalue weighted by Crippen LogP contribution is 2.45. The quantitative estimate of drug-likeness (QED) is 0.615. The topological polar surface area (TPSA) is 23.9 Å². The van der Waals surface area contributed by atoms with Crippen molar-refractivity contribution in [3.05, 3.63) is 0 Å². The summed E-state index contributed by atoms with van der Waals surface area (Å²) in [6, 6.07) is 0. The number of hydrogen-bond acceptors (Lipinski definition) is 1. The van der Waals surface area contributed by atoms with Gasteiger partial charge >= 0.3 is 0 Å². The fourth-order valence-electron chi connectivity index (χ4n) is 3.36. The molecule has 0 aromatic rings. The van der Waals surface area contributed by atoms with Gasteiger partial charge in [0.1, 0.15) is 0 Å². The highest BCUT2D eigenvalue weighted by molar-refractivity contribution is 5.81. The van der Waals surface area contributed by atoms with E-state index in [1.54, 1.807) is 0 Å². The van der Waals surface area contributed by atoms with E-state index < -0.39 is 0 Å². The third-order valence-corrected chi connectivity index (χ3v) is 4.95. The summed E-state index contributed by atoms with van der Waals surface area (Å²) in [6.45, 7) is 13.7. The molecule has 82 valence electrons. The van der Waals surface area contributed by atoms with Crippen molar-refractivity contribution in [1.82, 2.24) is 0 Å². The van der Waals surface area contributed by atoms with Gasteiger partial charge in [0.15, 0.2) is 0 Å². The highest BCUT2D eigenvalue weighted by Gasteiger charge is 2.41. The number of nitrogens with one attached hydrogen (secondary N) is 1. The lowest BCUT2D eigenvalue weighted by atomic mass is 9.58. The summed E-state index contributed by atoms with van der Waals surface area (Å²) in [5.41, 5.74) is 0.885. The van der Waals surface area contributed by atoms with Crippen molar-refractivity contribution in [2.75, 3.05) is 0 Å². The smallest absolute Gasteiger partial charge is 0.00946 e. The Balaban J connectivity index is 2.92. The minimum atomic E-state index is 0.510. The molecule has 0 aromatic heterocycles. The molecule has 0 radical (unpaired) electrons. The van der Waals surface area contributed by atoms with E-state index in [1.807, 2.05) is 6.92 Å². The SMILES string of the molecule is CC(=N)C1C(C)C(C)C(C)C(C)C1C. The van der Waals surface area contributed by atoms with Crippen molar-refractivity contribution in [1.29, 1.82) is 5.41 Å². The van der Waals surface area contributed by atoms with Crippen molar-refractivity contribution in [2.24, 2.45) is 35.5 Å². The van der Waals surface area contributed by atoms with Gasteiger partial charge in [-0.05, 0) is 36.5 Å². The molecule has 1 fully saturated rings.